The monoisotopic (exact) mass is 408 g/mol. The van der Waals surface area contributed by atoms with Gasteiger partial charge in [0.15, 0.2) is 0 Å². The molecule has 0 saturated carbocycles. The van der Waals surface area contributed by atoms with Crippen LogP contribution in [0.1, 0.15) is 32.6 Å². The molecule has 0 spiro atoms. The summed E-state index contributed by atoms with van der Waals surface area (Å²) < 4.78 is 30.4. The minimum Gasteiger partial charge on any atom is -0.299 e. The first-order valence-electron chi connectivity index (χ1n) is 9.69. The number of hydrogen-bond acceptors (Lipinski definition) is 5. The summed E-state index contributed by atoms with van der Waals surface area (Å²) in [5.41, 5.74) is -0.543. The number of sulfonamides is 1. The molecule has 0 bridgehead atoms. The summed E-state index contributed by atoms with van der Waals surface area (Å²) in [6.07, 6.45) is 4.61. The van der Waals surface area contributed by atoms with Gasteiger partial charge < -0.3 is 0 Å². The Bertz CT molecular complexity index is 1090. The lowest BCUT2D eigenvalue weighted by atomic mass is 10.0. The zero-order valence-electron chi connectivity index (χ0n) is 16.6. The molecule has 1 aromatic carbocycles. The maximum absolute atomic E-state index is 12.7. The molecular weight excluding hydrogens is 380 g/mol. The molecule has 1 N–H and O–H groups in total. The van der Waals surface area contributed by atoms with E-state index in [2.05, 4.69) is 16.5 Å². The number of aromatic nitrogens is 2. The lowest BCUT2D eigenvalue weighted by molar-refractivity contribution is 0.147. The van der Waals surface area contributed by atoms with Gasteiger partial charge in [-0.05, 0) is 44.0 Å². The Morgan fingerprint density at radius 1 is 1.14 bits per heavy atom. The molecule has 9 heteroatoms. The van der Waals surface area contributed by atoms with Crippen LogP contribution in [0, 0.1) is 0 Å². The van der Waals surface area contributed by atoms with Gasteiger partial charge in [-0.3, -0.25) is 18.8 Å². The van der Waals surface area contributed by atoms with Crippen LogP contribution in [0.2, 0.25) is 0 Å². The zero-order chi connectivity index (χ0) is 20.5. The van der Waals surface area contributed by atoms with Gasteiger partial charge in [-0.25, -0.2) is 17.9 Å². The van der Waals surface area contributed by atoms with Crippen molar-refractivity contribution >= 4 is 20.9 Å². The first-order valence-corrected chi connectivity index (χ1v) is 11.2. The summed E-state index contributed by atoms with van der Waals surface area (Å²) in [6, 6.07) is 4.79. The second-order valence-corrected chi connectivity index (χ2v) is 9.14. The number of rotatable bonds is 6. The number of aryl methyl sites for hydroxylation is 1. The summed E-state index contributed by atoms with van der Waals surface area (Å²) in [5, 5.41) is 0.203. The van der Waals surface area contributed by atoms with Crippen LogP contribution in [-0.4, -0.2) is 48.1 Å². The van der Waals surface area contributed by atoms with Crippen LogP contribution in [0.25, 0.3) is 10.9 Å². The van der Waals surface area contributed by atoms with Crippen LogP contribution in [0.4, 0.5) is 0 Å². The predicted molar refractivity (Wildman–Crippen MR) is 109 cm³/mol. The van der Waals surface area contributed by atoms with Crippen LogP contribution in [0.3, 0.4) is 0 Å². The summed E-state index contributed by atoms with van der Waals surface area (Å²) in [4.78, 5) is 26.8. The Morgan fingerprint density at radius 2 is 1.89 bits per heavy atom. The van der Waals surface area contributed by atoms with Gasteiger partial charge in [0, 0.05) is 33.2 Å². The van der Waals surface area contributed by atoms with Crippen molar-refractivity contribution in [2.75, 3.05) is 19.6 Å². The standard InChI is InChI=1S/C19H28N4O4S/c1-4-14-7-5-6-11-23(14)12-10-20-28(26,27)15-8-9-17-16(13-15)18(24)22(3)19(25)21(17)2/h8-9,13-14,20H,4-7,10-12H2,1-3H3. The van der Waals surface area contributed by atoms with Crippen LogP contribution < -0.4 is 16.0 Å². The molecule has 1 aliphatic rings. The highest BCUT2D eigenvalue weighted by Crippen LogP contribution is 2.19. The quantitative estimate of drug-likeness (QED) is 0.762. The van der Waals surface area contributed by atoms with Crippen molar-refractivity contribution in [3.8, 4) is 0 Å². The molecule has 28 heavy (non-hydrogen) atoms. The Morgan fingerprint density at radius 3 is 2.61 bits per heavy atom. The lowest BCUT2D eigenvalue weighted by Crippen LogP contribution is -2.43. The van der Waals surface area contributed by atoms with Crippen molar-refractivity contribution in [3.63, 3.8) is 0 Å². The summed E-state index contributed by atoms with van der Waals surface area (Å²) >= 11 is 0. The van der Waals surface area contributed by atoms with Crippen LogP contribution in [-0.2, 0) is 24.1 Å². The average Bonchev–Trinajstić information content (AvgIpc) is 2.70. The van der Waals surface area contributed by atoms with Crippen molar-refractivity contribution in [2.45, 2.75) is 43.5 Å². The molecule has 8 nitrogen and oxygen atoms in total. The van der Waals surface area contributed by atoms with E-state index < -0.39 is 21.3 Å². The number of fused-ring (bicyclic) bond motifs is 1. The van der Waals surface area contributed by atoms with E-state index >= 15 is 0 Å². The predicted octanol–water partition coefficient (Wildman–Crippen LogP) is 0.780. The van der Waals surface area contributed by atoms with Gasteiger partial charge in [0.1, 0.15) is 0 Å². The molecule has 1 aromatic heterocycles. The van der Waals surface area contributed by atoms with Gasteiger partial charge in [-0.1, -0.05) is 13.3 Å². The fourth-order valence-corrected chi connectivity index (χ4v) is 5.01. The number of likely N-dealkylation sites (tertiary alicyclic amines) is 1. The molecule has 1 aliphatic heterocycles. The van der Waals surface area contributed by atoms with Gasteiger partial charge in [-0.2, -0.15) is 0 Å². The molecule has 1 unspecified atom stereocenters. The first-order chi connectivity index (χ1) is 13.3. The molecule has 1 atom stereocenters. The van der Waals surface area contributed by atoms with E-state index in [0.29, 0.717) is 24.6 Å². The van der Waals surface area contributed by atoms with Gasteiger partial charge >= 0.3 is 5.69 Å². The highest BCUT2D eigenvalue weighted by Gasteiger charge is 2.22. The van der Waals surface area contributed by atoms with Crippen molar-refractivity contribution in [1.29, 1.82) is 0 Å². The molecule has 2 aromatic rings. The van der Waals surface area contributed by atoms with Gasteiger partial charge in [-0.15, -0.1) is 0 Å². The summed E-state index contributed by atoms with van der Waals surface area (Å²) in [5.74, 6) is 0. The third-order valence-corrected chi connectivity index (χ3v) is 7.12. The fraction of sp³-hybridized carbons (Fsp3) is 0.579. The molecule has 1 saturated heterocycles. The van der Waals surface area contributed by atoms with Crippen LogP contribution in [0.15, 0.2) is 32.7 Å². The summed E-state index contributed by atoms with van der Waals surface area (Å²) in [7, 11) is -0.805. The number of nitrogens with one attached hydrogen (secondary N) is 1. The largest absolute Gasteiger partial charge is 0.330 e. The SMILES string of the molecule is CCC1CCCCN1CCNS(=O)(=O)c1ccc2c(c1)c(=O)n(C)c(=O)n2C. The summed E-state index contributed by atoms with van der Waals surface area (Å²) in [6.45, 7) is 4.15. The van der Waals surface area contributed by atoms with Gasteiger partial charge in [0.25, 0.3) is 5.56 Å². The highest BCUT2D eigenvalue weighted by molar-refractivity contribution is 7.89. The van der Waals surface area contributed by atoms with E-state index in [4.69, 9.17) is 0 Å². The number of benzene rings is 1. The number of piperidine rings is 1. The Labute approximate surface area is 164 Å². The Hall–Kier alpha value is -1.97. The van der Waals surface area contributed by atoms with Gasteiger partial charge in [0.2, 0.25) is 10.0 Å². The minimum absolute atomic E-state index is 0.0291. The molecular formula is C19H28N4O4S. The lowest BCUT2D eigenvalue weighted by Gasteiger charge is -2.35. The van der Waals surface area contributed by atoms with Crippen molar-refractivity contribution in [3.05, 3.63) is 39.0 Å². The van der Waals surface area contributed by atoms with Crippen molar-refractivity contribution < 1.29 is 8.42 Å². The molecule has 1 fully saturated rings. The topological polar surface area (TPSA) is 93.4 Å². The highest BCUT2D eigenvalue weighted by atomic mass is 32.2. The first kappa shape index (κ1) is 20.8. The second-order valence-electron chi connectivity index (χ2n) is 7.38. The smallest absolute Gasteiger partial charge is 0.299 e. The third-order valence-electron chi connectivity index (χ3n) is 5.66. The molecule has 0 amide bonds. The Kier molecular flexibility index (Phi) is 6.07. The Balaban J connectivity index is 1.81. The van der Waals surface area contributed by atoms with E-state index in [1.165, 1.54) is 36.2 Å². The average molecular weight is 409 g/mol. The zero-order valence-corrected chi connectivity index (χ0v) is 17.5. The normalized spacial score (nSPS) is 18.6. The molecule has 2 heterocycles. The molecule has 0 radical (unpaired) electrons. The van der Waals surface area contributed by atoms with Gasteiger partial charge in [0.05, 0.1) is 15.8 Å². The van der Waals surface area contributed by atoms with E-state index in [-0.39, 0.29) is 10.3 Å². The second kappa shape index (κ2) is 8.18. The van der Waals surface area contributed by atoms with Crippen LogP contribution in [0.5, 0.6) is 0 Å². The van der Waals surface area contributed by atoms with Crippen molar-refractivity contribution in [2.24, 2.45) is 14.1 Å². The molecule has 154 valence electrons. The van der Waals surface area contributed by atoms with E-state index in [9.17, 15) is 18.0 Å². The molecule has 3 rings (SSSR count). The maximum Gasteiger partial charge on any atom is 0.330 e. The van der Waals surface area contributed by atoms with Crippen molar-refractivity contribution in [1.82, 2.24) is 18.8 Å². The third kappa shape index (κ3) is 3.92. The number of hydrogen-bond donors (Lipinski definition) is 1. The van der Waals surface area contributed by atoms with E-state index in [1.54, 1.807) is 7.05 Å². The maximum atomic E-state index is 12.7. The van der Waals surface area contributed by atoms with E-state index in [1.807, 2.05) is 0 Å². The molecule has 0 aliphatic carbocycles. The minimum atomic E-state index is -3.74. The van der Waals surface area contributed by atoms with Crippen LogP contribution >= 0.6 is 0 Å². The van der Waals surface area contributed by atoms with E-state index in [0.717, 1.165) is 30.4 Å². The fourth-order valence-electron chi connectivity index (χ4n) is 3.97. The number of nitrogens with zero attached hydrogens (tertiary/aromatic N) is 3.